The van der Waals surface area contributed by atoms with Gasteiger partial charge in [-0.2, -0.15) is 8.42 Å². The Kier molecular flexibility index (Phi) is 5.24. The highest BCUT2D eigenvalue weighted by Crippen LogP contribution is 2.23. The van der Waals surface area contributed by atoms with Gasteiger partial charge in [0.2, 0.25) is 0 Å². The fraction of sp³-hybridized carbons (Fsp3) is 0.455. The number of benzene rings is 1. The summed E-state index contributed by atoms with van der Waals surface area (Å²) in [6, 6.07) is 4.62. The van der Waals surface area contributed by atoms with Crippen molar-refractivity contribution in [2.45, 2.75) is 18.7 Å². The summed E-state index contributed by atoms with van der Waals surface area (Å²) >= 11 is 5.52. The largest absolute Gasteiger partial charge is 0.492 e. The molecule has 0 amide bonds. The summed E-state index contributed by atoms with van der Waals surface area (Å²) in [4.78, 5) is 0.0922. The fourth-order valence-electron chi connectivity index (χ4n) is 1.26. The summed E-state index contributed by atoms with van der Waals surface area (Å²) in [6.45, 7) is 3.89. The standard InChI is InChI=1S/C11H15ClO4S/c1-3-16-17(13,14)10-5-4-9(2)11(8-10)15-7-6-12/h4-5,8H,3,6-7H2,1-2H3. The van der Waals surface area contributed by atoms with Gasteiger partial charge in [0, 0.05) is 6.07 Å². The van der Waals surface area contributed by atoms with E-state index in [4.69, 9.17) is 20.5 Å². The molecule has 1 rings (SSSR count). The summed E-state index contributed by atoms with van der Waals surface area (Å²) < 4.78 is 33.4. The van der Waals surface area contributed by atoms with E-state index in [2.05, 4.69) is 0 Å². The number of aryl methyl sites for hydroxylation is 1. The zero-order chi connectivity index (χ0) is 12.9. The maximum absolute atomic E-state index is 11.7. The number of rotatable bonds is 6. The van der Waals surface area contributed by atoms with Crippen LogP contribution >= 0.6 is 11.6 Å². The lowest BCUT2D eigenvalue weighted by molar-refractivity contribution is 0.332. The van der Waals surface area contributed by atoms with Gasteiger partial charge in [-0.1, -0.05) is 6.07 Å². The minimum Gasteiger partial charge on any atom is -0.492 e. The van der Waals surface area contributed by atoms with Gasteiger partial charge in [0.05, 0.1) is 17.4 Å². The van der Waals surface area contributed by atoms with Crippen LogP contribution in [-0.4, -0.2) is 27.5 Å². The van der Waals surface area contributed by atoms with Crippen molar-refractivity contribution in [1.82, 2.24) is 0 Å². The van der Waals surface area contributed by atoms with Crippen molar-refractivity contribution in [2.24, 2.45) is 0 Å². The normalized spacial score (nSPS) is 11.5. The average molecular weight is 279 g/mol. The molecule has 0 fully saturated rings. The van der Waals surface area contributed by atoms with E-state index in [1.165, 1.54) is 12.1 Å². The molecule has 4 nitrogen and oxygen atoms in total. The summed E-state index contributed by atoms with van der Waals surface area (Å²) in [7, 11) is -3.69. The molecule has 1 aromatic rings. The van der Waals surface area contributed by atoms with Gasteiger partial charge < -0.3 is 4.74 Å². The van der Waals surface area contributed by atoms with Gasteiger partial charge in [-0.25, -0.2) is 0 Å². The lowest BCUT2D eigenvalue weighted by Gasteiger charge is -2.10. The first-order chi connectivity index (χ1) is 8.01. The third kappa shape index (κ3) is 3.87. The van der Waals surface area contributed by atoms with Gasteiger partial charge in [-0.05, 0) is 25.5 Å². The fourth-order valence-corrected chi connectivity index (χ4v) is 2.27. The average Bonchev–Trinajstić information content (AvgIpc) is 2.27. The van der Waals surface area contributed by atoms with Crippen molar-refractivity contribution in [3.63, 3.8) is 0 Å². The van der Waals surface area contributed by atoms with Crippen LogP contribution in [0.3, 0.4) is 0 Å². The molecule has 0 N–H and O–H groups in total. The first-order valence-corrected chi connectivity index (χ1v) is 7.14. The van der Waals surface area contributed by atoms with Crippen molar-refractivity contribution in [3.05, 3.63) is 23.8 Å². The second-order valence-corrected chi connectivity index (χ2v) is 5.32. The number of hydrogen-bond donors (Lipinski definition) is 0. The predicted octanol–water partition coefficient (Wildman–Crippen LogP) is 2.34. The molecule has 0 heterocycles. The van der Waals surface area contributed by atoms with Crippen LogP contribution in [0.1, 0.15) is 12.5 Å². The molecule has 17 heavy (non-hydrogen) atoms. The highest BCUT2D eigenvalue weighted by Gasteiger charge is 2.16. The molecule has 96 valence electrons. The molecule has 6 heteroatoms. The second kappa shape index (κ2) is 6.23. The van der Waals surface area contributed by atoms with Gasteiger partial charge in [-0.15, -0.1) is 11.6 Å². The molecule has 0 aliphatic heterocycles. The molecular weight excluding hydrogens is 264 g/mol. The Balaban J connectivity index is 3.03. The maximum atomic E-state index is 11.7. The minimum absolute atomic E-state index is 0.0922. The van der Waals surface area contributed by atoms with Crippen molar-refractivity contribution >= 4 is 21.7 Å². The second-order valence-electron chi connectivity index (χ2n) is 3.33. The van der Waals surface area contributed by atoms with E-state index < -0.39 is 10.1 Å². The quantitative estimate of drug-likeness (QED) is 0.592. The van der Waals surface area contributed by atoms with Crippen LogP contribution in [0.25, 0.3) is 0 Å². The molecule has 0 radical (unpaired) electrons. The topological polar surface area (TPSA) is 52.6 Å². The first kappa shape index (κ1) is 14.3. The Bertz CT molecular complexity index is 470. The SMILES string of the molecule is CCOS(=O)(=O)c1ccc(C)c(OCCCl)c1. The zero-order valence-electron chi connectivity index (χ0n) is 9.77. The molecule has 0 saturated carbocycles. The highest BCUT2D eigenvalue weighted by molar-refractivity contribution is 7.86. The lowest BCUT2D eigenvalue weighted by Crippen LogP contribution is -2.07. The molecule has 0 bridgehead atoms. The summed E-state index contributed by atoms with van der Waals surface area (Å²) in [5.74, 6) is 0.855. The minimum atomic E-state index is -3.69. The number of alkyl halides is 1. The van der Waals surface area contributed by atoms with Crippen molar-refractivity contribution in [1.29, 1.82) is 0 Å². The monoisotopic (exact) mass is 278 g/mol. The smallest absolute Gasteiger partial charge is 0.297 e. The van der Waals surface area contributed by atoms with E-state index in [9.17, 15) is 8.42 Å². The van der Waals surface area contributed by atoms with E-state index in [-0.39, 0.29) is 11.5 Å². The van der Waals surface area contributed by atoms with Crippen LogP contribution in [0.5, 0.6) is 5.75 Å². The lowest BCUT2D eigenvalue weighted by atomic mass is 10.2. The van der Waals surface area contributed by atoms with Gasteiger partial charge in [-0.3, -0.25) is 4.18 Å². The van der Waals surface area contributed by atoms with Crippen molar-refractivity contribution in [2.75, 3.05) is 19.1 Å². The first-order valence-electron chi connectivity index (χ1n) is 5.20. The number of ether oxygens (including phenoxy) is 1. The maximum Gasteiger partial charge on any atom is 0.297 e. The Morgan fingerprint density at radius 1 is 1.35 bits per heavy atom. The van der Waals surface area contributed by atoms with E-state index in [0.717, 1.165) is 5.56 Å². The molecule has 0 atom stereocenters. The van der Waals surface area contributed by atoms with E-state index in [1.54, 1.807) is 13.0 Å². The van der Waals surface area contributed by atoms with Crippen LogP contribution in [-0.2, 0) is 14.3 Å². The Hall–Kier alpha value is -0.780. The predicted molar refractivity (Wildman–Crippen MR) is 66.2 cm³/mol. The third-order valence-electron chi connectivity index (χ3n) is 2.06. The van der Waals surface area contributed by atoms with Gasteiger partial charge in [0.15, 0.2) is 0 Å². The molecule has 0 aliphatic rings. The molecule has 0 unspecified atom stereocenters. The third-order valence-corrected chi connectivity index (χ3v) is 3.59. The van der Waals surface area contributed by atoms with Crippen LogP contribution in [0.4, 0.5) is 0 Å². The molecule has 0 spiro atoms. The van der Waals surface area contributed by atoms with Crippen LogP contribution in [0, 0.1) is 6.92 Å². The number of halogens is 1. The van der Waals surface area contributed by atoms with Crippen LogP contribution in [0.2, 0.25) is 0 Å². The molecular formula is C11H15ClO4S. The molecule has 0 aromatic heterocycles. The Morgan fingerprint density at radius 2 is 2.06 bits per heavy atom. The molecule has 0 aliphatic carbocycles. The van der Waals surface area contributed by atoms with Crippen LogP contribution in [0.15, 0.2) is 23.1 Å². The molecule has 1 aromatic carbocycles. The van der Waals surface area contributed by atoms with E-state index >= 15 is 0 Å². The number of hydrogen-bond acceptors (Lipinski definition) is 4. The Labute approximate surface area is 107 Å². The van der Waals surface area contributed by atoms with Crippen LogP contribution < -0.4 is 4.74 Å². The van der Waals surface area contributed by atoms with Crippen molar-refractivity contribution < 1.29 is 17.3 Å². The Morgan fingerprint density at radius 3 is 2.65 bits per heavy atom. The zero-order valence-corrected chi connectivity index (χ0v) is 11.3. The summed E-state index contributed by atoms with van der Waals surface area (Å²) in [5, 5.41) is 0. The van der Waals surface area contributed by atoms with E-state index in [0.29, 0.717) is 18.2 Å². The van der Waals surface area contributed by atoms with E-state index in [1.807, 2.05) is 6.92 Å². The van der Waals surface area contributed by atoms with Crippen molar-refractivity contribution in [3.8, 4) is 5.75 Å². The summed E-state index contributed by atoms with van der Waals surface area (Å²) in [6.07, 6.45) is 0. The highest BCUT2D eigenvalue weighted by atomic mass is 35.5. The van der Waals surface area contributed by atoms with Gasteiger partial charge in [0.1, 0.15) is 12.4 Å². The summed E-state index contributed by atoms with van der Waals surface area (Å²) in [5.41, 5.74) is 0.852. The van der Waals surface area contributed by atoms with Gasteiger partial charge in [0.25, 0.3) is 10.1 Å². The molecule has 0 saturated heterocycles. The van der Waals surface area contributed by atoms with Gasteiger partial charge >= 0.3 is 0 Å².